The van der Waals surface area contributed by atoms with Gasteiger partial charge in [-0.15, -0.1) is 11.3 Å². The summed E-state index contributed by atoms with van der Waals surface area (Å²) < 4.78 is 5.28. The van der Waals surface area contributed by atoms with E-state index in [1.165, 1.54) is 34.3 Å². The van der Waals surface area contributed by atoms with Gasteiger partial charge in [-0.25, -0.2) is 9.98 Å². The molecule has 0 saturated heterocycles. The van der Waals surface area contributed by atoms with Crippen LogP contribution < -0.4 is 10.2 Å². The van der Waals surface area contributed by atoms with Crippen LogP contribution in [0.5, 0.6) is 0 Å². The van der Waals surface area contributed by atoms with Gasteiger partial charge in [0, 0.05) is 17.7 Å². The fraction of sp³-hybridized carbons (Fsp3) is 0.0526. The predicted octanol–water partition coefficient (Wildman–Crippen LogP) is 3.85. The molecule has 0 spiro atoms. The highest BCUT2D eigenvalue weighted by Gasteiger charge is 2.32. The average Bonchev–Trinajstić information content (AvgIpc) is 3.45. The van der Waals surface area contributed by atoms with Crippen LogP contribution in [-0.4, -0.2) is 27.7 Å². The first-order valence-corrected chi connectivity index (χ1v) is 10.1. The van der Waals surface area contributed by atoms with Gasteiger partial charge in [0.1, 0.15) is 11.5 Å². The van der Waals surface area contributed by atoms with E-state index in [-0.39, 0.29) is 23.3 Å². The molecule has 0 saturated carbocycles. The molecule has 4 rings (SSSR count). The number of thioether (sulfide) groups is 1. The smallest absolute Gasteiger partial charge is 0.283 e. The number of hydrogen-bond donors (Lipinski definition) is 1. The summed E-state index contributed by atoms with van der Waals surface area (Å²) in [7, 11) is 0. The molecule has 0 aliphatic carbocycles. The van der Waals surface area contributed by atoms with Crippen LogP contribution in [0, 0.1) is 0 Å². The molecule has 0 unspecified atom stereocenters. The number of carbonyl (C=O) groups is 2. The molecule has 0 bridgehead atoms. The molecule has 1 aliphatic rings. The van der Waals surface area contributed by atoms with Gasteiger partial charge in [-0.05, 0) is 24.3 Å². The summed E-state index contributed by atoms with van der Waals surface area (Å²) in [5.74, 6) is 0.146. The van der Waals surface area contributed by atoms with E-state index in [1.807, 2.05) is 30.3 Å². The number of benzene rings is 1. The number of aromatic nitrogens is 1. The number of thiazole rings is 1. The fourth-order valence-corrected chi connectivity index (χ4v) is 3.83. The molecule has 140 valence electrons. The lowest BCUT2D eigenvalue weighted by Crippen LogP contribution is -2.31. The molecule has 9 heteroatoms. The number of furan rings is 1. The summed E-state index contributed by atoms with van der Waals surface area (Å²) in [6, 6.07) is 12.7. The molecule has 1 N–H and O–H groups in total. The maximum absolute atomic E-state index is 12.9. The van der Waals surface area contributed by atoms with Crippen molar-refractivity contribution >= 4 is 57.0 Å². The molecule has 1 aromatic carbocycles. The summed E-state index contributed by atoms with van der Waals surface area (Å²) in [5, 5.41) is 5.47. The highest BCUT2D eigenvalue weighted by atomic mass is 32.2. The molecule has 3 heterocycles. The van der Waals surface area contributed by atoms with Crippen molar-refractivity contribution in [3.63, 3.8) is 0 Å². The van der Waals surface area contributed by atoms with Crippen LogP contribution in [-0.2, 0) is 9.59 Å². The van der Waals surface area contributed by atoms with Gasteiger partial charge in [-0.1, -0.05) is 30.0 Å². The maximum atomic E-state index is 12.9. The van der Waals surface area contributed by atoms with Crippen molar-refractivity contribution in [2.75, 3.05) is 16.0 Å². The van der Waals surface area contributed by atoms with Gasteiger partial charge in [0.15, 0.2) is 10.3 Å². The minimum absolute atomic E-state index is 0.100. The molecule has 1 aliphatic heterocycles. The van der Waals surface area contributed by atoms with Gasteiger partial charge < -0.3 is 9.73 Å². The quantitative estimate of drug-likeness (QED) is 0.646. The van der Waals surface area contributed by atoms with Crippen molar-refractivity contribution in [2.24, 2.45) is 4.99 Å². The van der Waals surface area contributed by atoms with Crippen molar-refractivity contribution in [3.8, 4) is 0 Å². The number of para-hydroxylation sites is 1. The monoisotopic (exact) mass is 410 g/mol. The van der Waals surface area contributed by atoms with Crippen LogP contribution in [0.4, 0.5) is 10.8 Å². The second-order valence-corrected chi connectivity index (χ2v) is 7.43. The molecule has 3 aromatic rings. The normalized spacial score (nSPS) is 15.1. The van der Waals surface area contributed by atoms with E-state index in [0.29, 0.717) is 21.7 Å². The Kier molecular flexibility index (Phi) is 5.36. The predicted molar refractivity (Wildman–Crippen MR) is 111 cm³/mol. The van der Waals surface area contributed by atoms with Crippen LogP contribution in [0.2, 0.25) is 0 Å². The second kappa shape index (κ2) is 8.24. The zero-order valence-electron chi connectivity index (χ0n) is 14.4. The molecule has 0 atom stereocenters. The number of rotatable bonds is 5. The Hall–Kier alpha value is -3.17. The Balaban J connectivity index is 1.55. The van der Waals surface area contributed by atoms with E-state index in [1.54, 1.807) is 29.8 Å². The van der Waals surface area contributed by atoms with E-state index in [9.17, 15) is 9.59 Å². The molecule has 0 fully saturated rings. The van der Waals surface area contributed by atoms with Crippen LogP contribution in [0.15, 0.2) is 75.4 Å². The van der Waals surface area contributed by atoms with Crippen molar-refractivity contribution in [1.29, 1.82) is 0 Å². The summed E-state index contributed by atoms with van der Waals surface area (Å²) in [6.07, 6.45) is 4.74. The van der Waals surface area contributed by atoms with Gasteiger partial charge in [0.25, 0.3) is 5.91 Å². The van der Waals surface area contributed by atoms with Gasteiger partial charge in [-0.3, -0.25) is 14.5 Å². The summed E-state index contributed by atoms with van der Waals surface area (Å²) in [5.41, 5.74) is 0.934. The van der Waals surface area contributed by atoms with Crippen LogP contribution in [0.3, 0.4) is 0 Å². The van der Waals surface area contributed by atoms with Gasteiger partial charge in [0.05, 0.1) is 17.7 Å². The molecular formula is C19H14N4O3S2. The first kappa shape index (κ1) is 18.2. The SMILES string of the molecule is O=C(CSC1=N/C(=C\c2ccco2)C(=O)N1c1ccccc1)Nc1nccs1. The topological polar surface area (TPSA) is 87.8 Å². The van der Waals surface area contributed by atoms with Crippen molar-refractivity contribution < 1.29 is 14.0 Å². The lowest BCUT2D eigenvalue weighted by Gasteiger charge is -2.17. The molecule has 28 heavy (non-hydrogen) atoms. The Morgan fingerprint density at radius 2 is 2.11 bits per heavy atom. The largest absolute Gasteiger partial charge is 0.465 e. The summed E-state index contributed by atoms with van der Waals surface area (Å²) >= 11 is 2.53. The van der Waals surface area contributed by atoms with Crippen molar-refractivity contribution in [2.45, 2.75) is 0 Å². The Bertz CT molecular complexity index is 1030. The summed E-state index contributed by atoms with van der Waals surface area (Å²) in [4.78, 5) is 35.1. The highest BCUT2D eigenvalue weighted by molar-refractivity contribution is 8.14. The zero-order valence-corrected chi connectivity index (χ0v) is 16.1. The number of amidine groups is 1. The number of amides is 2. The third-order valence-electron chi connectivity index (χ3n) is 3.68. The number of anilines is 2. The third kappa shape index (κ3) is 4.05. The molecule has 2 aromatic heterocycles. The van der Waals surface area contributed by atoms with Crippen LogP contribution in [0.1, 0.15) is 5.76 Å². The van der Waals surface area contributed by atoms with Crippen molar-refractivity contribution in [1.82, 2.24) is 4.98 Å². The minimum Gasteiger partial charge on any atom is -0.465 e. The standard InChI is InChI=1S/C19H14N4O3S2/c24-16(22-18-20-8-10-27-18)12-28-19-21-15(11-14-7-4-9-26-14)17(25)23(19)13-5-2-1-3-6-13/h1-11H,12H2,(H,20,22,24)/b15-11-. The van der Waals surface area contributed by atoms with Crippen LogP contribution in [0.25, 0.3) is 6.08 Å². The third-order valence-corrected chi connectivity index (χ3v) is 5.30. The Morgan fingerprint density at radius 1 is 1.25 bits per heavy atom. The Labute approximate surface area is 168 Å². The Morgan fingerprint density at radius 3 is 2.82 bits per heavy atom. The number of hydrogen-bond acceptors (Lipinski definition) is 7. The van der Waals surface area contributed by atoms with E-state index in [2.05, 4.69) is 15.3 Å². The van der Waals surface area contributed by atoms with Crippen molar-refractivity contribution in [3.05, 3.63) is 71.8 Å². The number of aliphatic imine (C=N–C) groups is 1. The molecular weight excluding hydrogens is 396 g/mol. The number of carbonyl (C=O) groups excluding carboxylic acids is 2. The zero-order chi connectivity index (χ0) is 19.3. The molecule has 7 nitrogen and oxygen atoms in total. The van der Waals surface area contributed by atoms with E-state index in [0.717, 1.165) is 0 Å². The average molecular weight is 410 g/mol. The van der Waals surface area contributed by atoms with E-state index >= 15 is 0 Å². The lowest BCUT2D eigenvalue weighted by molar-refractivity contribution is -0.114. The first-order chi connectivity index (χ1) is 13.7. The minimum atomic E-state index is -0.273. The number of nitrogens with zero attached hydrogens (tertiary/aromatic N) is 3. The summed E-state index contributed by atoms with van der Waals surface area (Å²) in [6.45, 7) is 0. The lowest BCUT2D eigenvalue weighted by atomic mass is 10.2. The maximum Gasteiger partial charge on any atom is 0.283 e. The highest BCUT2D eigenvalue weighted by Crippen LogP contribution is 2.29. The van der Waals surface area contributed by atoms with E-state index < -0.39 is 0 Å². The van der Waals surface area contributed by atoms with Crippen LogP contribution >= 0.6 is 23.1 Å². The number of nitrogens with one attached hydrogen (secondary N) is 1. The second-order valence-electron chi connectivity index (χ2n) is 5.59. The van der Waals surface area contributed by atoms with Gasteiger partial charge in [-0.2, -0.15) is 0 Å². The van der Waals surface area contributed by atoms with Gasteiger partial charge >= 0.3 is 0 Å². The molecule has 2 amide bonds. The fourth-order valence-electron chi connectivity index (χ4n) is 2.48. The molecule has 0 radical (unpaired) electrons. The van der Waals surface area contributed by atoms with Gasteiger partial charge in [0.2, 0.25) is 5.91 Å². The van der Waals surface area contributed by atoms with E-state index in [4.69, 9.17) is 4.42 Å². The first-order valence-electron chi connectivity index (χ1n) is 8.26.